The monoisotopic (exact) mass is 345 g/mol. The van der Waals surface area contributed by atoms with Gasteiger partial charge in [0, 0.05) is 11.8 Å². The number of alkyl halides is 3. The predicted octanol–water partition coefficient (Wildman–Crippen LogP) is 2.78. The molecule has 0 fully saturated rings. The van der Waals surface area contributed by atoms with Crippen molar-refractivity contribution in [1.82, 2.24) is 9.97 Å². The lowest BCUT2D eigenvalue weighted by Gasteiger charge is -2.10. The van der Waals surface area contributed by atoms with Crippen LogP contribution in [0.1, 0.15) is 5.56 Å². The maximum Gasteiger partial charge on any atom is 0.416 e. The number of carbonyl (C=O) groups excluding carboxylic acids is 1. The molecule has 122 valence electrons. The molecule has 0 aliphatic heterocycles. The average Bonchev–Trinajstić information content (AvgIpc) is 2.43. The topological polar surface area (TPSA) is 92.9 Å². The third-order valence-electron chi connectivity index (χ3n) is 2.62. The van der Waals surface area contributed by atoms with E-state index in [-0.39, 0.29) is 29.2 Å². The van der Waals surface area contributed by atoms with Crippen LogP contribution in [0.25, 0.3) is 0 Å². The number of rotatable bonds is 4. The number of carbonyl (C=O) groups is 1. The minimum atomic E-state index is -4.48. The van der Waals surface area contributed by atoms with Gasteiger partial charge in [0.15, 0.2) is 0 Å². The third kappa shape index (κ3) is 4.99. The van der Waals surface area contributed by atoms with E-state index in [1.165, 1.54) is 18.2 Å². The van der Waals surface area contributed by atoms with Crippen LogP contribution in [0.3, 0.4) is 0 Å². The van der Waals surface area contributed by atoms with Gasteiger partial charge in [0.1, 0.15) is 11.0 Å². The number of nitrogens with two attached hydrogens (primary N) is 1. The number of nitrogens with one attached hydrogen (secondary N) is 2. The van der Waals surface area contributed by atoms with Gasteiger partial charge >= 0.3 is 6.18 Å². The highest BCUT2D eigenvalue weighted by atomic mass is 35.5. The number of amides is 1. The molecule has 0 aliphatic carbocycles. The van der Waals surface area contributed by atoms with E-state index in [1.807, 2.05) is 0 Å². The van der Waals surface area contributed by atoms with E-state index in [0.717, 1.165) is 12.1 Å². The Morgan fingerprint density at radius 2 is 2.00 bits per heavy atom. The van der Waals surface area contributed by atoms with E-state index >= 15 is 0 Å². The fourth-order valence-electron chi connectivity index (χ4n) is 1.68. The van der Waals surface area contributed by atoms with Crippen LogP contribution in [0.2, 0.25) is 5.15 Å². The van der Waals surface area contributed by atoms with Crippen LogP contribution in [-0.4, -0.2) is 22.4 Å². The second-order valence-corrected chi connectivity index (χ2v) is 4.80. The number of aromatic nitrogens is 2. The first kappa shape index (κ1) is 16.8. The summed E-state index contributed by atoms with van der Waals surface area (Å²) in [5.41, 5.74) is 4.58. The molecule has 1 aromatic heterocycles. The van der Waals surface area contributed by atoms with Crippen LogP contribution in [-0.2, 0) is 11.0 Å². The zero-order valence-corrected chi connectivity index (χ0v) is 12.2. The van der Waals surface area contributed by atoms with Crippen molar-refractivity contribution in [3.63, 3.8) is 0 Å². The summed E-state index contributed by atoms with van der Waals surface area (Å²) in [5.74, 6) is -0.405. The van der Waals surface area contributed by atoms with Gasteiger partial charge in [-0.25, -0.2) is 4.98 Å². The SMILES string of the molecule is Nc1nc(Cl)cc(NCC(=O)Nc2cccc(C(F)(F)F)c2)n1. The number of nitrogens with zero attached hydrogens (tertiary/aromatic N) is 2. The molecule has 0 atom stereocenters. The standard InChI is InChI=1S/C13H11ClF3N5O/c14-9-5-10(22-12(18)21-9)19-6-11(23)20-8-3-1-2-7(4-8)13(15,16)17/h1-5H,6H2,(H,20,23)(H3,18,19,21,22). The second kappa shape index (κ2) is 6.69. The van der Waals surface area contributed by atoms with Gasteiger partial charge in [0.2, 0.25) is 11.9 Å². The van der Waals surface area contributed by atoms with Gasteiger partial charge < -0.3 is 16.4 Å². The van der Waals surface area contributed by atoms with Crippen LogP contribution in [0.5, 0.6) is 0 Å². The quantitative estimate of drug-likeness (QED) is 0.741. The molecular formula is C13H11ClF3N5O. The van der Waals surface area contributed by atoms with Crippen LogP contribution in [0.4, 0.5) is 30.6 Å². The zero-order chi connectivity index (χ0) is 17.0. The first-order chi connectivity index (χ1) is 10.7. The molecule has 1 amide bonds. The molecule has 0 bridgehead atoms. The number of benzene rings is 1. The van der Waals surface area contributed by atoms with Gasteiger partial charge in [-0.05, 0) is 18.2 Å². The molecule has 0 radical (unpaired) electrons. The Morgan fingerprint density at radius 1 is 1.26 bits per heavy atom. The average molecular weight is 346 g/mol. The molecule has 2 aromatic rings. The van der Waals surface area contributed by atoms with Crippen molar-refractivity contribution < 1.29 is 18.0 Å². The minimum Gasteiger partial charge on any atom is -0.368 e. The van der Waals surface area contributed by atoms with E-state index in [9.17, 15) is 18.0 Å². The molecule has 0 saturated heterocycles. The molecule has 10 heteroatoms. The van der Waals surface area contributed by atoms with E-state index in [1.54, 1.807) is 0 Å². The normalized spacial score (nSPS) is 11.1. The summed E-state index contributed by atoms with van der Waals surface area (Å²) in [6, 6.07) is 5.68. The molecule has 6 nitrogen and oxygen atoms in total. The second-order valence-electron chi connectivity index (χ2n) is 4.41. The molecule has 1 heterocycles. The van der Waals surface area contributed by atoms with E-state index < -0.39 is 17.6 Å². The lowest BCUT2D eigenvalue weighted by atomic mass is 10.2. The number of hydrogen-bond acceptors (Lipinski definition) is 5. The summed E-state index contributed by atoms with van der Waals surface area (Å²) in [6.45, 7) is -0.233. The number of nitrogen functional groups attached to an aromatic ring is 1. The fraction of sp³-hybridized carbons (Fsp3) is 0.154. The molecule has 2 rings (SSSR count). The van der Waals surface area contributed by atoms with Crippen LogP contribution >= 0.6 is 11.6 Å². The van der Waals surface area contributed by atoms with Gasteiger partial charge in [0.05, 0.1) is 12.1 Å². The molecule has 0 unspecified atom stereocenters. The Bertz CT molecular complexity index is 703. The highest BCUT2D eigenvalue weighted by Crippen LogP contribution is 2.30. The number of hydrogen-bond donors (Lipinski definition) is 3. The first-order valence-electron chi connectivity index (χ1n) is 6.25. The van der Waals surface area contributed by atoms with Crippen LogP contribution in [0, 0.1) is 0 Å². The van der Waals surface area contributed by atoms with Gasteiger partial charge in [-0.15, -0.1) is 0 Å². The summed E-state index contributed by atoms with van der Waals surface area (Å²) in [7, 11) is 0. The van der Waals surface area contributed by atoms with Crippen molar-refractivity contribution in [2.75, 3.05) is 22.9 Å². The maximum atomic E-state index is 12.6. The highest BCUT2D eigenvalue weighted by Gasteiger charge is 2.30. The Hall–Kier alpha value is -2.55. The lowest BCUT2D eigenvalue weighted by molar-refractivity contribution is -0.137. The van der Waals surface area contributed by atoms with E-state index in [2.05, 4.69) is 20.6 Å². The summed E-state index contributed by atoms with van der Waals surface area (Å²) in [5, 5.41) is 5.08. The van der Waals surface area contributed by atoms with Gasteiger partial charge in [-0.1, -0.05) is 17.7 Å². The minimum absolute atomic E-state index is 0.0341. The zero-order valence-electron chi connectivity index (χ0n) is 11.5. The molecule has 0 spiro atoms. The summed E-state index contributed by atoms with van der Waals surface area (Å²) >= 11 is 5.68. The number of anilines is 3. The summed E-state index contributed by atoms with van der Waals surface area (Å²) in [4.78, 5) is 19.2. The fourth-order valence-corrected chi connectivity index (χ4v) is 1.87. The first-order valence-corrected chi connectivity index (χ1v) is 6.63. The van der Waals surface area contributed by atoms with Crippen molar-refractivity contribution >= 4 is 35.0 Å². The number of halogens is 4. The van der Waals surface area contributed by atoms with Crippen LogP contribution < -0.4 is 16.4 Å². The predicted molar refractivity (Wildman–Crippen MR) is 80.0 cm³/mol. The third-order valence-corrected chi connectivity index (χ3v) is 2.81. The highest BCUT2D eigenvalue weighted by molar-refractivity contribution is 6.29. The Labute approximate surface area is 133 Å². The molecule has 0 aliphatic rings. The van der Waals surface area contributed by atoms with Crippen LogP contribution in [0.15, 0.2) is 30.3 Å². The van der Waals surface area contributed by atoms with E-state index in [4.69, 9.17) is 17.3 Å². The largest absolute Gasteiger partial charge is 0.416 e. The lowest BCUT2D eigenvalue weighted by Crippen LogP contribution is -2.22. The molecular weight excluding hydrogens is 335 g/mol. The van der Waals surface area contributed by atoms with Crippen molar-refractivity contribution in [3.05, 3.63) is 41.0 Å². The van der Waals surface area contributed by atoms with Gasteiger partial charge in [0.25, 0.3) is 0 Å². The molecule has 1 aromatic carbocycles. The maximum absolute atomic E-state index is 12.6. The van der Waals surface area contributed by atoms with Crippen molar-refractivity contribution in [2.45, 2.75) is 6.18 Å². The van der Waals surface area contributed by atoms with Gasteiger partial charge in [-0.2, -0.15) is 18.2 Å². The molecule has 23 heavy (non-hydrogen) atoms. The molecule has 4 N–H and O–H groups in total. The Balaban J connectivity index is 1.97. The van der Waals surface area contributed by atoms with Crippen molar-refractivity contribution in [2.24, 2.45) is 0 Å². The van der Waals surface area contributed by atoms with E-state index in [0.29, 0.717) is 0 Å². The smallest absolute Gasteiger partial charge is 0.368 e. The summed E-state index contributed by atoms with van der Waals surface area (Å²) in [6.07, 6.45) is -4.48. The van der Waals surface area contributed by atoms with Crippen molar-refractivity contribution in [1.29, 1.82) is 0 Å². The van der Waals surface area contributed by atoms with Gasteiger partial charge in [-0.3, -0.25) is 4.79 Å². The molecule has 0 saturated carbocycles. The Morgan fingerprint density at radius 3 is 2.65 bits per heavy atom. The Kier molecular flexibility index (Phi) is 4.89. The van der Waals surface area contributed by atoms with Crippen molar-refractivity contribution in [3.8, 4) is 0 Å². The summed E-state index contributed by atoms with van der Waals surface area (Å²) < 4.78 is 37.8.